The molecule has 11 heteroatoms. The topological polar surface area (TPSA) is 128 Å². The van der Waals surface area contributed by atoms with Crippen LogP contribution in [0.25, 0.3) is 22.2 Å². The summed E-state index contributed by atoms with van der Waals surface area (Å²) in [5.41, 5.74) is 5.24. The molecule has 11 nitrogen and oxygen atoms in total. The number of benzene rings is 1. The Balaban J connectivity index is 0.865. The number of anilines is 1. The smallest absolute Gasteiger partial charge is 0.253 e. The highest BCUT2D eigenvalue weighted by molar-refractivity contribution is 6.11. The molecule has 5 fully saturated rings. The highest BCUT2D eigenvalue weighted by Crippen LogP contribution is 2.61. The zero-order valence-electron chi connectivity index (χ0n) is 32.4. The first-order chi connectivity index (χ1) is 26.0. The Kier molecular flexibility index (Phi) is 10.1. The number of carbonyl (C=O) groups is 2. The molecule has 3 N–H and O–H groups in total. The molecule has 2 amide bonds. The van der Waals surface area contributed by atoms with Gasteiger partial charge in [-0.25, -0.2) is 4.98 Å². The first kappa shape index (κ1) is 36.5. The van der Waals surface area contributed by atoms with E-state index < -0.39 is 0 Å². The third kappa shape index (κ3) is 7.44. The van der Waals surface area contributed by atoms with Gasteiger partial charge in [-0.15, -0.1) is 0 Å². The van der Waals surface area contributed by atoms with Crippen LogP contribution in [0.1, 0.15) is 98.4 Å². The summed E-state index contributed by atoms with van der Waals surface area (Å²) in [6.45, 7) is 13.5. The van der Waals surface area contributed by atoms with Crippen LogP contribution in [0.5, 0.6) is 0 Å². The molecule has 4 aromatic rings. The van der Waals surface area contributed by atoms with Crippen molar-refractivity contribution in [3.63, 3.8) is 0 Å². The highest BCUT2D eigenvalue weighted by atomic mass is 16.2. The van der Waals surface area contributed by atoms with Gasteiger partial charge in [-0.2, -0.15) is 5.10 Å². The average Bonchev–Trinajstić information content (AvgIpc) is 3.53. The Labute approximate surface area is 318 Å². The molecule has 4 aliphatic carbocycles. The Morgan fingerprint density at radius 3 is 2.33 bits per heavy atom. The van der Waals surface area contributed by atoms with E-state index in [1.807, 2.05) is 49.0 Å². The van der Waals surface area contributed by atoms with E-state index in [0.717, 1.165) is 103 Å². The quantitative estimate of drug-likeness (QED) is 0.149. The Hall–Kier alpha value is -4.51. The number of fused-ring (bicyclic) bond motifs is 1. The minimum absolute atomic E-state index is 0.0829. The molecule has 1 aliphatic heterocycles. The molecule has 3 aromatic heterocycles. The molecule has 54 heavy (non-hydrogen) atoms. The number of aryl methyl sites for hydroxylation is 2. The maximum absolute atomic E-state index is 13.7. The largest absolute Gasteiger partial charge is 0.356 e. The predicted octanol–water partition coefficient (Wildman–Crippen LogP) is 6.15. The van der Waals surface area contributed by atoms with Crippen molar-refractivity contribution in [2.75, 3.05) is 44.2 Å². The van der Waals surface area contributed by atoms with Crippen LogP contribution in [0.3, 0.4) is 0 Å². The van der Waals surface area contributed by atoms with Crippen LogP contribution in [0.15, 0.2) is 47.4 Å². The Morgan fingerprint density at radius 2 is 1.69 bits per heavy atom. The summed E-state index contributed by atoms with van der Waals surface area (Å²) in [7, 11) is 0. The van der Waals surface area contributed by atoms with E-state index in [1.165, 1.54) is 38.5 Å². The van der Waals surface area contributed by atoms with Gasteiger partial charge < -0.3 is 20.5 Å². The van der Waals surface area contributed by atoms with Gasteiger partial charge in [0, 0.05) is 80.1 Å². The summed E-state index contributed by atoms with van der Waals surface area (Å²) in [5.74, 6) is 3.59. The lowest BCUT2D eigenvalue weighted by Gasteiger charge is -2.56. The summed E-state index contributed by atoms with van der Waals surface area (Å²) in [6, 6.07) is 11.8. The van der Waals surface area contributed by atoms with Crippen LogP contribution < -0.4 is 21.1 Å². The fraction of sp³-hybridized carbons (Fsp3) is 0.558. The number of piperazine rings is 1. The molecule has 0 spiro atoms. The summed E-state index contributed by atoms with van der Waals surface area (Å²) in [4.78, 5) is 51.8. The van der Waals surface area contributed by atoms with Crippen molar-refractivity contribution in [2.45, 2.75) is 91.6 Å². The average molecular weight is 733 g/mol. The molecule has 0 unspecified atom stereocenters. The van der Waals surface area contributed by atoms with Crippen LogP contribution in [0, 0.1) is 37.0 Å². The van der Waals surface area contributed by atoms with Gasteiger partial charge >= 0.3 is 0 Å². The van der Waals surface area contributed by atoms with Crippen LogP contribution >= 0.6 is 0 Å². The number of H-pyrrole nitrogens is 1. The van der Waals surface area contributed by atoms with Crippen molar-refractivity contribution in [3.8, 4) is 11.3 Å². The fourth-order valence-corrected chi connectivity index (χ4v) is 10.7. The lowest BCUT2D eigenvalue weighted by molar-refractivity contribution is -0.129. The van der Waals surface area contributed by atoms with Gasteiger partial charge in [0.05, 0.1) is 11.1 Å². The summed E-state index contributed by atoms with van der Waals surface area (Å²) >= 11 is 0. The molecule has 4 bridgehead atoms. The predicted molar refractivity (Wildman–Crippen MR) is 213 cm³/mol. The lowest BCUT2D eigenvalue weighted by atomic mass is 9.49. The molecule has 5 aliphatic rings. The Morgan fingerprint density at radius 1 is 0.963 bits per heavy atom. The number of carbonyl (C=O) groups excluding carboxylic acids is 2. The minimum atomic E-state index is -0.258. The second kappa shape index (κ2) is 15.0. The van der Waals surface area contributed by atoms with Gasteiger partial charge in [-0.3, -0.25) is 24.0 Å². The number of aromatic amines is 1. The highest BCUT2D eigenvalue weighted by Gasteiger charge is 2.51. The number of amides is 2. The SMILES string of the molecule is Cc1cc(C)c(CNC(=O)c2cccc3c2c(-c2ccc(N4CCN(CCCNC(=O)CC56CC7CC(CC(C7)C5)C6)CC4)nc2)nn3C(C)C)c(=O)[nH]1. The maximum atomic E-state index is 13.7. The fourth-order valence-electron chi connectivity index (χ4n) is 10.7. The van der Waals surface area contributed by atoms with Crippen molar-refractivity contribution in [1.82, 2.24) is 35.3 Å². The molecule has 0 radical (unpaired) electrons. The number of hydrogen-bond acceptors (Lipinski definition) is 7. The number of hydrogen-bond donors (Lipinski definition) is 3. The lowest BCUT2D eigenvalue weighted by Crippen LogP contribution is -2.48. The molecule has 4 saturated carbocycles. The molecule has 9 rings (SSSR count). The first-order valence-electron chi connectivity index (χ1n) is 20.2. The van der Waals surface area contributed by atoms with E-state index in [-0.39, 0.29) is 30.0 Å². The summed E-state index contributed by atoms with van der Waals surface area (Å²) < 4.78 is 1.96. The van der Waals surface area contributed by atoms with Crippen LogP contribution in [0.4, 0.5) is 5.82 Å². The second-order valence-electron chi connectivity index (χ2n) is 17.2. The van der Waals surface area contributed by atoms with Gasteiger partial charge in [-0.05, 0) is 138 Å². The molecule has 1 saturated heterocycles. The molecule has 0 atom stereocenters. The maximum Gasteiger partial charge on any atom is 0.253 e. The Bertz CT molecular complexity index is 2040. The van der Waals surface area contributed by atoms with Crippen molar-refractivity contribution >= 4 is 28.5 Å². The summed E-state index contributed by atoms with van der Waals surface area (Å²) in [6.07, 6.45) is 11.7. The normalized spacial score (nSPS) is 23.7. The number of nitrogens with zero attached hydrogens (tertiary/aromatic N) is 5. The summed E-state index contributed by atoms with van der Waals surface area (Å²) in [5, 5.41) is 12.0. The van der Waals surface area contributed by atoms with Gasteiger partial charge in [0.25, 0.3) is 11.5 Å². The van der Waals surface area contributed by atoms with E-state index in [0.29, 0.717) is 22.2 Å². The van der Waals surface area contributed by atoms with Crippen LogP contribution in [-0.4, -0.2) is 75.7 Å². The van der Waals surface area contributed by atoms with Crippen molar-refractivity contribution in [3.05, 3.63) is 75.3 Å². The zero-order valence-corrected chi connectivity index (χ0v) is 32.4. The molecule has 4 heterocycles. The zero-order chi connectivity index (χ0) is 37.6. The number of nitrogens with one attached hydrogen (secondary N) is 3. The van der Waals surface area contributed by atoms with Gasteiger partial charge in [0.15, 0.2) is 0 Å². The van der Waals surface area contributed by atoms with E-state index in [2.05, 4.69) is 51.4 Å². The number of pyridine rings is 2. The second-order valence-corrected chi connectivity index (χ2v) is 17.2. The molecular weight excluding hydrogens is 677 g/mol. The monoisotopic (exact) mass is 732 g/mol. The van der Waals surface area contributed by atoms with Crippen molar-refractivity contribution < 1.29 is 9.59 Å². The third-order valence-electron chi connectivity index (χ3n) is 12.8. The van der Waals surface area contributed by atoms with Crippen LogP contribution in [-0.2, 0) is 11.3 Å². The van der Waals surface area contributed by atoms with Gasteiger partial charge in [0.2, 0.25) is 5.91 Å². The van der Waals surface area contributed by atoms with E-state index in [1.54, 1.807) is 0 Å². The van der Waals surface area contributed by atoms with E-state index in [4.69, 9.17) is 10.1 Å². The molecule has 1 aromatic carbocycles. The van der Waals surface area contributed by atoms with E-state index >= 15 is 0 Å². The molecule has 286 valence electrons. The molecular formula is C43H56N8O3. The number of aromatic nitrogens is 4. The van der Waals surface area contributed by atoms with Crippen molar-refractivity contribution in [2.24, 2.45) is 23.2 Å². The van der Waals surface area contributed by atoms with Gasteiger partial charge in [0.1, 0.15) is 11.5 Å². The first-order valence-corrected chi connectivity index (χ1v) is 20.2. The standard InChI is InChI=1S/C43H56N8O3/c1-27(2)51-36-8-5-7-34(41(53)46-26-35-28(3)17-29(4)47-42(35)54)39(36)40(48-51)33-9-10-37(45-25-33)50-15-13-49(14-16-50)12-6-11-44-38(52)24-43-21-30-18-31(22-43)20-32(19-30)23-43/h5,7-10,17,25,27,30-32H,6,11-16,18-24,26H2,1-4H3,(H,44,52)(H,46,53)(H,47,54). The van der Waals surface area contributed by atoms with Crippen LogP contribution in [0.2, 0.25) is 0 Å². The van der Waals surface area contributed by atoms with Crippen molar-refractivity contribution in [1.29, 1.82) is 0 Å². The minimum Gasteiger partial charge on any atom is -0.356 e. The van der Waals surface area contributed by atoms with E-state index in [9.17, 15) is 14.4 Å². The number of rotatable bonds is 12. The third-order valence-corrected chi connectivity index (χ3v) is 12.8. The van der Waals surface area contributed by atoms with Gasteiger partial charge in [-0.1, -0.05) is 6.07 Å².